The summed E-state index contributed by atoms with van der Waals surface area (Å²) in [6, 6.07) is 10.7. The lowest BCUT2D eigenvalue weighted by atomic mass is 9.61. The molecule has 1 aliphatic carbocycles. The molecule has 1 aromatic rings. The van der Waals surface area contributed by atoms with E-state index in [4.69, 9.17) is 9.47 Å². The number of methoxy groups -OCH3 is 1. The lowest BCUT2D eigenvalue weighted by Gasteiger charge is -2.50. The fraction of sp³-hybridized carbons (Fsp3) is 0.652. The number of carbonyl (C=O) groups is 2. The molecular formula is C23H34N2O4. The Morgan fingerprint density at radius 1 is 1.21 bits per heavy atom. The molecule has 1 heterocycles. The van der Waals surface area contributed by atoms with Gasteiger partial charge in [-0.1, -0.05) is 30.3 Å². The molecule has 1 aliphatic heterocycles. The summed E-state index contributed by atoms with van der Waals surface area (Å²) in [7, 11) is 1.44. The predicted octanol–water partition coefficient (Wildman–Crippen LogP) is 3.75. The molecule has 3 atom stereocenters. The van der Waals surface area contributed by atoms with Gasteiger partial charge in [0, 0.05) is 25.7 Å². The Bertz CT molecular complexity index is 715. The first kappa shape index (κ1) is 21.6. The molecule has 6 nitrogen and oxygen atoms in total. The highest BCUT2D eigenvalue weighted by atomic mass is 16.6. The van der Waals surface area contributed by atoms with Gasteiger partial charge in [-0.3, -0.25) is 4.79 Å². The van der Waals surface area contributed by atoms with Crippen LogP contribution < -0.4 is 5.32 Å². The van der Waals surface area contributed by atoms with Gasteiger partial charge in [-0.15, -0.1) is 0 Å². The van der Waals surface area contributed by atoms with Crippen LogP contribution in [-0.2, 0) is 20.8 Å². The lowest BCUT2D eigenvalue weighted by molar-refractivity contribution is -0.164. The summed E-state index contributed by atoms with van der Waals surface area (Å²) < 4.78 is 10.8. The van der Waals surface area contributed by atoms with Crippen molar-refractivity contribution in [3.63, 3.8) is 0 Å². The highest BCUT2D eigenvalue weighted by Gasteiger charge is 2.54. The minimum absolute atomic E-state index is 0.197. The first-order valence-electron chi connectivity index (χ1n) is 10.6. The van der Waals surface area contributed by atoms with Crippen molar-refractivity contribution in [3.05, 3.63) is 35.9 Å². The van der Waals surface area contributed by atoms with Crippen molar-refractivity contribution in [2.75, 3.05) is 20.2 Å². The molecule has 0 radical (unpaired) electrons. The fourth-order valence-corrected chi connectivity index (χ4v) is 4.72. The van der Waals surface area contributed by atoms with Gasteiger partial charge in [0.1, 0.15) is 5.60 Å². The molecule has 1 unspecified atom stereocenters. The third-order valence-corrected chi connectivity index (χ3v) is 6.19. The number of ether oxygens (including phenoxy) is 2. The van der Waals surface area contributed by atoms with Gasteiger partial charge < -0.3 is 19.7 Å². The molecule has 2 aliphatic rings. The Labute approximate surface area is 173 Å². The second-order valence-electron chi connectivity index (χ2n) is 9.37. The number of likely N-dealkylation sites (tertiary alicyclic amines) is 1. The van der Waals surface area contributed by atoms with E-state index >= 15 is 0 Å². The molecule has 1 amide bonds. The van der Waals surface area contributed by atoms with Crippen molar-refractivity contribution in [1.82, 2.24) is 10.2 Å². The Balaban J connectivity index is 1.67. The zero-order valence-electron chi connectivity index (χ0n) is 18.1. The van der Waals surface area contributed by atoms with Crippen molar-refractivity contribution >= 4 is 12.1 Å². The second kappa shape index (κ2) is 8.74. The quantitative estimate of drug-likeness (QED) is 0.777. The molecule has 0 bridgehead atoms. The van der Waals surface area contributed by atoms with Gasteiger partial charge in [0.25, 0.3) is 0 Å². The summed E-state index contributed by atoms with van der Waals surface area (Å²) in [5.41, 5.74) is 0.0808. The fourth-order valence-electron chi connectivity index (χ4n) is 4.72. The summed E-state index contributed by atoms with van der Waals surface area (Å²) in [4.78, 5) is 27.1. The maximum absolute atomic E-state index is 12.8. The van der Waals surface area contributed by atoms with E-state index in [9.17, 15) is 9.59 Å². The number of hydrogen-bond acceptors (Lipinski definition) is 5. The topological polar surface area (TPSA) is 67.9 Å². The first-order chi connectivity index (χ1) is 13.7. The SMILES string of the molecule is COC(=O)[C@]12CCC(NCc3ccccc3)C[C@@H]1CCN(C(=O)OC(C)(C)C)C2. The van der Waals surface area contributed by atoms with E-state index in [1.54, 1.807) is 4.90 Å². The molecule has 1 N–H and O–H groups in total. The zero-order valence-corrected chi connectivity index (χ0v) is 18.1. The van der Waals surface area contributed by atoms with E-state index in [1.165, 1.54) is 12.7 Å². The van der Waals surface area contributed by atoms with Gasteiger partial charge in [0.15, 0.2) is 0 Å². The smallest absolute Gasteiger partial charge is 0.410 e. The maximum atomic E-state index is 12.8. The number of carbonyl (C=O) groups excluding carboxylic acids is 2. The van der Waals surface area contributed by atoms with Crippen LogP contribution in [0.5, 0.6) is 0 Å². The van der Waals surface area contributed by atoms with Crippen LogP contribution in [0.4, 0.5) is 4.79 Å². The van der Waals surface area contributed by atoms with Gasteiger partial charge in [0.2, 0.25) is 0 Å². The zero-order chi connectivity index (χ0) is 21.1. The number of rotatable bonds is 4. The number of piperidine rings is 1. The molecule has 3 rings (SSSR count). The summed E-state index contributed by atoms with van der Waals surface area (Å²) in [6.07, 6.45) is 2.97. The van der Waals surface area contributed by atoms with E-state index in [2.05, 4.69) is 17.4 Å². The van der Waals surface area contributed by atoms with Crippen LogP contribution in [0.1, 0.15) is 52.0 Å². The molecule has 1 aromatic carbocycles. The van der Waals surface area contributed by atoms with Crippen molar-refractivity contribution in [3.8, 4) is 0 Å². The Kier molecular flexibility index (Phi) is 6.52. The highest BCUT2D eigenvalue weighted by Crippen LogP contribution is 2.47. The van der Waals surface area contributed by atoms with Crippen LogP contribution in [0.15, 0.2) is 30.3 Å². The van der Waals surface area contributed by atoms with Crippen molar-refractivity contribution in [2.45, 2.75) is 64.6 Å². The van der Waals surface area contributed by atoms with Gasteiger partial charge in [-0.2, -0.15) is 0 Å². The number of fused-ring (bicyclic) bond motifs is 1. The molecular weight excluding hydrogens is 368 g/mol. The molecule has 29 heavy (non-hydrogen) atoms. The largest absolute Gasteiger partial charge is 0.469 e. The van der Waals surface area contributed by atoms with E-state index in [-0.39, 0.29) is 18.0 Å². The minimum atomic E-state index is -0.630. The van der Waals surface area contributed by atoms with Crippen LogP contribution in [0, 0.1) is 11.3 Å². The molecule has 1 saturated carbocycles. The molecule has 2 fully saturated rings. The van der Waals surface area contributed by atoms with Crippen LogP contribution >= 0.6 is 0 Å². The van der Waals surface area contributed by atoms with Crippen LogP contribution in [0.2, 0.25) is 0 Å². The summed E-state index contributed by atoms with van der Waals surface area (Å²) in [5.74, 6) is 0.00734. The van der Waals surface area contributed by atoms with Gasteiger partial charge >= 0.3 is 12.1 Å². The van der Waals surface area contributed by atoms with Gasteiger partial charge in [-0.25, -0.2) is 4.79 Å². The number of esters is 1. The lowest BCUT2D eigenvalue weighted by Crippen LogP contribution is -2.59. The Morgan fingerprint density at radius 3 is 2.59 bits per heavy atom. The van der Waals surface area contributed by atoms with Gasteiger partial charge in [0.05, 0.1) is 12.5 Å². The normalized spacial score (nSPS) is 27.1. The Morgan fingerprint density at radius 2 is 1.93 bits per heavy atom. The van der Waals surface area contributed by atoms with Crippen molar-refractivity contribution in [1.29, 1.82) is 0 Å². The highest BCUT2D eigenvalue weighted by molar-refractivity contribution is 5.79. The number of nitrogens with one attached hydrogen (secondary N) is 1. The van der Waals surface area contributed by atoms with Gasteiger partial charge in [-0.05, 0) is 57.9 Å². The van der Waals surface area contributed by atoms with Crippen LogP contribution in [0.3, 0.4) is 0 Å². The van der Waals surface area contributed by atoms with Crippen LogP contribution in [-0.4, -0.2) is 48.8 Å². The molecule has 160 valence electrons. The third kappa shape index (κ3) is 5.10. The third-order valence-electron chi connectivity index (χ3n) is 6.19. The molecule has 6 heteroatoms. The average molecular weight is 403 g/mol. The maximum Gasteiger partial charge on any atom is 0.410 e. The van der Waals surface area contributed by atoms with E-state index < -0.39 is 11.0 Å². The first-order valence-corrected chi connectivity index (χ1v) is 10.6. The second-order valence-corrected chi connectivity index (χ2v) is 9.37. The van der Waals surface area contributed by atoms with Crippen LogP contribution in [0.25, 0.3) is 0 Å². The number of amides is 1. The Hall–Kier alpha value is -2.08. The summed E-state index contributed by atoms with van der Waals surface area (Å²) >= 11 is 0. The van der Waals surface area contributed by atoms with Crippen molar-refractivity contribution in [2.24, 2.45) is 11.3 Å². The molecule has 0 spiro atoms. The van der Waals surface area contributed by atoms with E-state index in [0.717, 1.165) is 32.2 Å². The average Bonchev–Trinajstić information content (AvgIpc) is 2.70. The number of nitrogens with zero attached hydrogens (tertiary/aromatic N) is 1. The van der Waals surface area contributed by atoms with Crippen molar-refractivity contribution < 1.29 is 19.1 Å². The summed E-state index contributed by atoms with van der Waals surface area (Å²) in [6.45, 7) is 7.40. The molecule has 1 saturated heterocycles. The minimum Gasteiger partial charge on any atom is -0.469 e. The van der Waals surface area contributed by atoms with E-state index in [1.807, 2.05) is 39.0 Å². The summed E-state index contributed by atoms with van der Waals surface area (Å²) in [5, 5.41) is 3.65. The number of benzene rings is 1. The predicted molar refractivity (Wildman–Crippen MR) is 111 cm³/mol. The molecule has 0 aromatic heterocycles. The monoisotopic (exact) mass is 402 g/mol. The number of hydrogen-bond donors (Lipinski definition) is 1. The van der Waals surface area contributed by atoms with E-state index in [0.29, 0.717) is 19.1 Å². The standard InChI is InChI=1S/C23H34N2O4/c1-22(2,3)29-21(27)25-13-11-18-14-19(24-15-17-8-6-5-7-9-17)10-12-23(18,16-25)20(26)28-4/h5-9,18-19,24H,10-16H2,1-4H3/t18-,19?,23-/m0/s1.